The number of aryl methyl sites for hydroxylation is 1. The second kappa shape index (κ2) is 7.57. The predicted octanol–water partition coefficient (Wildman–Crippen LogP) is 4.10. The van der Waals surface area contributed by atoms with Gasteiger partial charge in [-0.2, -0.15) is 0 Å². The number of halogens is 2. The Hall–Kier alpha value is -2.51. The topological polar surface area (TPSA) is 60.2 Å². The molecule has 6 nitrogen and oxygen atoms in total. The number of anilines is 1. The van der Waals surface area contributed by atoms with Crippen molar-refractivity contribution in [3.05, 3.63) is 51.3 Å². The summed E-state index contributed by atoms with van der Waals surface area (Å²) in [7, 11) is 1.66. The van der Waals surface area contributed by atoms with Crippen LogP contribution in [0, 0.1) is 18.7 Å². The van der Waals surface area contributed by atoms with Crippen LogP contribution in [-0.2, 0) is 11.8 Å². The number of fused-ring (bicyclic) bond motifs is 1. The first-order valence-electron chi connectivity index (χ1n) is 10.6. The zero-order valence-corrected chi connectivity index (χ0v) is 18.5. The fourth-order valence-electron chi connectivity index (χ4n) is 4.32. The highest BCUT2D eigenvalue weighted by Gasteiger charge is 2.38. The Morgan fingerprint density at radius 2 is 1.97 bits per heavy atom. The van der Waals surface area contributed by atoms with Gasteiger partial charge in [0.2, 0.25) is 0 Å². The van der Waals surface area contributed by atoms with Gasteiger partial charge in [0.15, 0.2) is 0 Å². The molecule has 2 unspecified atom stereocenters. The molecule has 1 aliphatic carbocycles. The molecule has 0 bridgehead atoms. The van der Waals surface area contributed by atoms with Crippen molar-refractivity contribution >= 4 is 28.3 Å². The molecule has 5 rings (SSSR count). The van der Waals surface area contributed by atoms with E-state index in [-0.39, 0.29) is 34.0 Å². The van der Waals surface area contributed by atoms with Gasteiger partial charge in [0.05, 0.1) is 28.8 Å². The number of aromatic nitrogens is 3. The Bertz CT molecular complexity index is 1240. The van der Waals surface area contributed by atoms with E-state index in [2.05, 4.69) is 16.8 Å². The van der Waals surface area contributed by atoms with Crippen LogP contribution in [0.2, 0.25) is 5.02 Å². The van der Waals surface area contributed by atoms with Crippen molar-refractivity contribution in [2.24, 2.45) is 13.0 Å². The Kier molecular flexibility index (Phi) is 4.98. The van der Waals surface area contributed by atoms with Crippen molar-refractivity contribution in [1.82, 2.24) is 14.5 Å². The molecule has 3 aromatic rings. The lowest BCUT2D eigenvalue weighted by Gasteiger charge is -2.38. The fourth-order valence-corrected chi connectivity index (χ4v) is 4.48. The summed E-state index contributed by atoms with van der Waals surface area (Å²) in [5.41, 5.74) is 0.783. The smallest absolute Gasteiger partial charge is 0.263 e. The number of hydrogen-bond donors (Lipinski definition) is 0. The molecular formula is C23H24ClFN4O2. The van der Waals surface area contributed by atoms with Crippen molar-refractivity contribution in [1.29, 1.82) is 0 Å². The Morgan fingerprint density at radius 3 is 2.68 bits per heavy atom. The van der Waals surface area contributed by atoms with Crippen LogP contribution in [0.15, 0.2) is 29.1 Å². The molecule has 8 heteroatoms. The largest absolute Gasteiger partial charge is 0.371 e. The van der Waals surface area contributed by atoms with E-state index in [1.165, 1.54) is 23.5 Å². The van der Waals surface area contributed by atoms with Crippen molar-refractivity contribution in [2.45, 2.75) is 38.9 Å². The molecule has 162 valence electrons. The highest BCUT2D eigenvalue weighted by molar-refractivity contribution is 6.30. The highest BCUT2D eigenvalue weighted by Crippen LogP contribution is 2.38. The first-order valence-corrected chi connectivity index (χ1v) is 10.9. The van der Waals surface area contributed by atoms with E-state index in [0.717, 1.165) is 6.54 Å². The number of morpholine rings is 1. The average Bonchev–Trinajstić information content (AvgIpc) is 3.56. The molecule has 1 saturated carbocycles. The second-order valence-corrected chi connectivity index (χ2v) is 9.03. The molecule has 0 radical (unpaired) electrons. The lowest BCUT2D eigenvalue weighted by molar-refractivity contribution is -0.0273. The zero-order valence-electron chi connectivity index (χ0n) is 17.7. The van der Waals surface area contributed by atoms with Gasteiger partial charge in [-0.3, -0.25) is 9.36 Å². The standard InChI is InChI=1S/C23H24ClFN4O2/c1-12-10-29(11-19(31-12)14-4-5-14)20-9-18-21(23(30)28(3)13(2)26-18)22(27-20)16-7-6-15(24)8-17(16)25/h6-9,12,14,19H,4-5,10-11H2,1-3H3. The maximum absolute atomic E-state index is 14.9. The van der Waals surface area contributed by atoms with Gasteiger partial charge in [0, 0.05) is 36.8 Å². The van der Waals surface area contributed by atoms with Crippen molar-refractivity contribution in [3.8, 4) is 11.3 Å². The van der Waals surface area contributed by atoms with Crippen molar-refractivity contribution in [2.75, 3.05) is 18.0 Å². The summed E-state index contributed by atoms with van der Waals surface area (Å²) in [5, 5.41) is 0.594. The predicted molar refractivity (Wildman–Crippen MR) is 119 cm³/mol. The molecule has 2 aromatic heterocycles. The summed E-state index contributed by atoms with van der Waals surface area (Å²) >= 11 is 5.96. The molecule has 2 aliphatic rings. The number of ether oxygens (including phenoxy) is 1. The third-order valence-corrected chi connectivity index (χ3v) is 6.45. The van der Waals surface area contributed by atoms with Gasteiger partial charge < -0.3 is 9.64 Å². The maximum atomic E-state index is 14.9. The third kappa shape index (κ3) is 3.70. The van der Waals surface area contributed by atoms with E-state index in [1.54, 1.807) is 26.1 Å². The summed E-state index contributed by atoms with van der Waals surface area (Å²) in [4.78, 5) is 24.7. The second-order valence-electron chi connectivity index (χ2n) is 8.60. The van der Waals surface area contributed by atoms with Gasteiger partial charge in [-0.1, -0.05) is 11.6 Å². The van der Waals surface area contributed by atoms with Crippen LogP contribution in [-0.4, -0.2) is 39.8 Å². The van der Waals surface area contributed by atoms with Gasteiger partial charge in [-0.25, -0.2) is 14.4 Å². The molecular weight excluding hydrogens is 419 g/mol. The van der Waals surface area contributed by atoms with E-state index in [1.807, 2.05) is 6.07 Å². The molecule has 3 heterocycles. The van der Waals surface area contributed by atoms with Gasteiger partial charge in [-0.05, 0) is 50.8 Å². The highest BCUT2D eigenvalue weighted by atomic mass is 35.5. The first kappa shape index (κ1) is 20.4. The lowest BCUT2D eigenvalue weighted by Crippen LogP contribution is -2.48. The summed E-state index contributed by atoms with van der Waals surface area (Å²) in [5.74, 6) is 1.33. The van der Waals surface area contributed by atoms with E-state index < -0.39 is 5.82 Å². The Balaban J connectivity index is 1.72. The van der Waals surface area contributed by atoms with E-state index in [4.69, 9.17) is 21.3 Å². The summed E-state index contributed by atoms with van der Waals surface area (Å²) in [6.45, 7) is 5.23. The minimum Gasteiger partial charge on any atom is -0.371 e. The molecule has 2 atom stereocenters. The van der Waals surface area contributed by atoms with E-state index >= 15 is 0 Å². The van der Waals surface area contributed by atoms with Crippen LogP contribution in [0.25, 0.3) is 22.2 Å². The van der Waals surface area contributed by atoms with Gasteiger partial charge in [0.1, 0.15) is 17.5 Å². The van der Waals surface area contributed by atoms with Crippen LogP contribution >= 0.6 is 11.6 Å². The number of pyridine rings is 1. The van der Waals surface area contributed by atoms with Gasteiger partial charge >= 0.3 is 0 Å². The molecule has 1 aromatic carbocycles. The number of rotatable bonds is 3. The Labute approximate surface area is 184 Å². The Morgan fingerprint density at radius 1 is 1.19 bits per heavy atom. The van der Waals surface area contributed by atoms with Crippen LogP contribution < -0.4 is 10.5 Å². The first-order chi connectivity index (χ1) is 14.8. The van der Waals surface area contributed by atoms with Crippen LogP contribution in [0.1, 0.15) is 25.6 Å². The van der Waals surface area contributed by atoms with Crippen LogP contribution in [0.5, 0.6) is 0 Å². The summed E-state index contributed by atoms with van der Waals surface area (Å²) in [6, 6.07) is 6.25. The summed E-state index contributed by atoms with van der Waals surface area (Å²) in [6.07, 6.45) is 2.60. The molecule has 2 fully saturated rings. The number of hydrogen-bond acceptors (Lipinski definition) is 5. The fraction of sp³-hybridized carbons (Fsp3) is 0.435. The van der Waals surface area contributed by atoms with E-state index in [0.29, 0.717) is 35.0 Å². The molecule has 0 N–H and O–H groups in total. The molecule has 0 amide bonds. The van der Waals surface area contributed by atoms with Crippen LogP contribution in [0.4, 0.5) is 10.2 Å². The number of nitrogens with zero attached hydrogens (tertiary/aromatic N) is 4. The SMILES string of the molecule is Cc1nc2cc(N3CC(C)OC(C4CC4)C3)nc(-c3ccc(Cl)cc3F)c2c(=O)n1C. The lowest BCUT2D eigenvalue weighted by atomic mass is 10.1. The third-order valence-electron chi connectivity index (χ3n) is 6.21. The zero-order chi connectivity index (χ0) is 21.9. The van der Waals surface area contributed by atoms with Crippen molar-refractivity contribution < 1.29 is 9.13 Å². The van der Waals surface area contributed by atoms with Crippen molar-refractivity contribution in [3.63, 3.8) is 0 Å². The minimum atomic E-state index is -0.521. The molecule has 1 saturated heterocycles. The summed E-state index contributed by atoms with van der Waals surface area (Å²) < 4.78 is 22.5. The molecule has 31 heavy (non-hydrogen) atoms. The average molecular weight is 443 g/mol. The van der Waals surface area contributed by atoms with Gasteiger partial charge in [-0.15, -0.1) is 0 Å². The van der Waals surface area contributed by atoms with E-state index in [9.17, 15) is 9.18 Å². The number of benzene rings is 1. The quantitative estimate of drug-likeness (QED) is 0.611. The monoisotopic (exact) mass is 442 g/mol. The normalized spacial score (nSPS) is 21.6. The van der Waals surface area contributed by atoms with Gasteiger partial charge in [0.25, 0.3) is 5.56 Å². The molecule has 0 spiro atoms. The van der Waals surface area contributed by atoms with Crippen LogP contribution in [0.3, 0.4) is 0 Å². The minimum absolute atomic E-state index is 0.0610. The maximum Gasteiger partial charge on any atom is 0.263 e. The molecule has 1 aliphatic heterocycles.